The maximum atomic E-state index is 12.2. The fourth-order valence-electron chi connectivity index (χ4n) is 3.03. The van der Waals surface area contributed by atoms with Crippen LogP contribution in [0.25, 0.3) is 10.9 Å². The number of benzene rings is 2. The minimum absolute atomic E-state index is 0.180. The Balaban J connectivity index is 1.60. The molecule has 0 spiro atoms. The van der Waals surface area contributed by atoms with Crippen molar-refractivity contribution in [1.82, 2.24) is 4.98 Å². The Kier molecular flexibility index (Phi) is 6.98. The molecule has 3 rings (SSSR count). The van der Waals surface area contributed by atoms with Gasteiger partial charge in [0.1, 0.15) is 6.61 Å². The maximum Gasteiger partial charge on any atom is 0.306 e. The molecule has 0 atom stereocenters. The van der Waals surface area contributed by atoms with Crippen LogP contribution in [0, 0.1) is 0 Å². The second-order valence-corrected chi connectivity index (χ2v) is 7.13. The van der Waals surface area contributed by atoms with Gasteiger partial charge in [0.2, 0.25) is 0 Å². The van der Waals surface area contributed by atoms with Crippen LogP contribution in [0.5, 0.6) is 11.5 Å². The largest absolute Gasteiger partial charge is 0.490 e. The fraction of sp³-hybridized carbons (Fsp3) is 0.318. The monoisotopic (exact) mass is 445 g/mol. The molecule has 0 aliphatic heterocycles. The summed E-state index contributed by atoms with van der Waals surface area (Å²) in [6.07, 6.45) is 2.92. The van der Waals surface area contributed by atoms with Crippen molar-refractivity contribution in [2.75, 3.05) is 13.2 Å². The molecule has 1 heterocycles. The van der Waals surface area contributed by atoms with E-state index in [4.69, 9.17) is 14.2 Å². The molecule has 0 saturated heterocycles. The molecular weight excluding hydrogens is 422 g/mol. The van der Waals surface area contributed by atoms with Gasteiger partial charge >= 0.3 is 5.97 Å². The lowest BCUT2D eigenvalue weighted by molar-refractivity contribution is -0.144. The number of H-pyrrole nitrogens is 1. The predicted octanol–water partition coefficient (Wildman–Crippen LogP) is 5.40. The van der Waals surface area contributed by atoms with Gasteiger partial charge < -0.3 is 19.2 Å². The van der Waals surface area contributed by atoms with Crippen molar-refractivity contribution in [2.45, 2.75) is 33.3 Å². The number of aryl methyl sites for hydroxylation is 1. The third-order valence-electron chi connectivity index (χ3n) is 4.37. The Morgan fingerprint density at radius 3 is 2.50 bits per heavy atom. The summed E-state index contributed by atoms with van der Waals surface area (Å²) in [7, 11) is 0. The van der Waals surface area contributed by atoms with E-state index in [2.05, 4.69) is 27.0 Å². The van der Waals surface area contributed by atoms with Crippen LogP contribution in [-0.4, -0.2) is 24.2 Å². The molecule has 0 fully saturated rings. The Morgan fingerprint density at radius 1 is 1.04 bits per heavy atom. The Bertz CT molecular complexity index is 951. The number of hydrogen-bond donors (Lipinski definition) is 1. The standard InChI is InChI=1S/C22H24BrNO4/c1-3-26-20-11-16(18(23)12-21(20)27-4-2)14-28-22(25)10-9-15-13-24-19-8-6-5-7-17(15)19/h5-8,11-13,24H,3-4,9-10,14H2,1-2H3. The highest BCUT2D eigenvalue weighted by Crippen LogP contribution is 2.34. The summed E-state index contributed by atoms with van der Waals surface area (Å²) in [6.45, 7) is 5.11. The molecule has 0 bridgehead atoms. The average molecular weight is 446 g/mol. The molecule has 28 heavy (non-hydrogen) atoms. The Labute approximate surface area is 173 Å². The lowest BCUT2D eigenvalue weighted by Gasteiger charge is -2.14. The van der Waals surface area contributed by atoms with Gasteiger partial charge in [0, 0.05) is 33.6 Å². The number of nitrogens with one attached hydrogen (secondary N) is 1. The molecule has 0 radical (unpaired) electrons. The topological polar surface area (TPSA) is 60.5 Å². The van der Waals surface area contributed by atoms with Crippen molar-refractivity contribution in [3.05, 3.63) is 58.2 Å². The van der Waals surface area contributed by atoms with Crippen LogP contribution in [0.2, 0.25) is 0 Å². The number of rotatable bonds is 9. The highest BCUT2D eigenvalue weighted by Gasteiger charge is 2.13. The van der Waals surface area contributed by atoms with E-state index >= 15 is 0 Å². The SMILES string of the molecule is CCOc1cc(Br)c(COC(=O)CCc2c[nH]c3ccccc23)cc1OCC. The summed E-state index contributed by atoms with van der Waals surface area (Å²) in [5.41, 5.74) is 3.04. The smallest absolute Gasteiger partial charge is 0.306 e. The van der Waals surface area contributed by atoms with Gasteiger partial charge in [-0.3, -0.25) is 4.79 Å². The maximum absolute atomic E-state index is 12.2. The van der Waals surface area contributed by atoms with E-state index in [9.17, 15) is 4.79 Å². The minimum atomic E-state index is -0.232. The number of ether oxygens (including phenoxy) is 3. The molecule has 0 aliphatic carbocycles. The molecule has 3 aromatic rings. The first kappa shape index (κ1) is 20.3. The molecule has 1 N–H and O–H groups in total. The zero-order valence-electron chi connectivity index (χ0n) is 16.1. The normalized spacial score (nSPS) is 10.8. The van der Waals surface area contributed by atoms with E-state index in [1.165, 1.54) is 0 Å². The third-order valence-corrected chi connectivity index (χ3v) is 5.11. The molecule has 1 aromatic heterocycles. The van der Waals surface area contributed by atoms with Crippen LogP contribution in [-0.2, 0) is 22.6 Å². The van der Waals surface area contributed by atoms with Crippen LogP contribution in [0.15, 0.2) is 47.1 Å². The van der Waals surface area contributed by atoms with Crippen molar-refractivity contribution in [1.29, 1.82) is 0 Å². The fourth-order valence-corrected chi connectivity index (χ4v) is 3.47. The molecule has 0 saturated carbocycles. The van der Waals surface area contributed by atoms with Crippen molar-refractivity contribution in [3.63, 3.8) is 0 Å². The number of aromatic amines is 1. The number of aromatic nitrogens is 1. The second kappa shape index (κ2) is 9.64. The van der Waals surface area contributed by atoms with Crippen LogP contribution >= 0.6 is 15.9 Å². The van der Waals surface area contributed by atoms with Crippen molar-refractivity contribution < 1.29 is 19.0 Å². The minimum Gasteiger partial charge on any atom is -0.490 e. The average Bonchev–Trinajstić information content (AvgIpc) is 3.11. The van der Waals surface area contributed by atoms with Gasteiger partial charge in [0.15, 0.2) is 11.5 Å². The summed E-state index contributed by atoms with van der Waals surface area (Å²) in [4.78, 5) is 15.5. The number of esters is 1. The van der Waals surface area contributed by atoms with Gasteiger partial charge in [-0.1, -0.05) is 34.1 Å². The summed E-state index contributed by atoms with van der Waals surface area (Å²) in [6, 6.07) is 11.8. The van der Waals surface area contributed by atoms with Gasteiger partial charge in [0.05, 0.1) is 13.2 Å². The summed E-state index contributed by atoms with van der Waals surface area (Å²) < 4.78 is 17.5. The van der Waals surface area contributed by atoms with E-state index in [1.807, 2.05) is 50.4 Å². The van der Waals surface area contributed by atoms with Crippen molar-refractivity contribution in [3.8, 4) is 11.5 Å². The predicted molar refractivity (Wildman–Crippen MR) is 113 cm³/mol. The number of fused-ring (bicyclic) bond motifs is 1. The van der Waals surface area contributed by atoms with E-state index in [0.29, 0.717) is 37.6 Å². The lowest BCUT2D eigenvalue weighted by Crippen LogP contribution is -2.07. The molecule has 6 heteroatoms. The first-order valence-corrected chi connectivity index (χ1v) is 10.2. The Morgan fingerprint density at radius 2 is 1.75 bits per heavy atom. The van der Waals surface area contributed by atoms with E-state index in [1.54, 1.807) is 0 Å². The van der Waals surface area contributed by atoms with Crippen LogP contribution in [0.3, 0.4) is 0 Å². The third kappa shape index (κ3) is 4.87. The molecule has 5 nitrogen and oxygen atoms in total. The molecule has 2 aromatic carbocycles. The first-order valence-electron chi connectivity index (χ1n) is 9.41. The summed E-state index contributed by atoms with van der Waals surface area (Å²) in [5, 5.41) is 1.14. The quantitative estimate of drug-likeness (QED) is 0.447. The van der Waals surface area contributed by atoms with Crippen LogP contribution in [0.1, 0.15) is 31.4 Å². The molecule has 148 valence electrons. The van der Waals surface area contributed by atoms with Gasteiger partial charge in [-0.15, -0.1) is 0 Å². The van der Waals surface area contributed by atoms with Crippen LogP contribution < -0.4 is 9.47 Å². The number of carbonyl (C=O) groups is 1. The number of hydrogen-bond acceptors (Lipinski definition) is 4. The number of carbonyl (C=O) groups excluding carboxylic acids is 1. The number of halogens is 1. The lowest BCUT2D eigenvalue weighted by atomic mass is 10.1. The highest BCUT2D eigenvalue weighted by molar-refractivity contribution is 9.10. The molecule has 0 unspecified atom stereocenters. The Hall–Kier alpha value is -2.47. The van der Waals surface area contributed by atoms with Crippen LogP contribution in [0.4, 0.5) is 0 Å². The van der Waals surface area contributed by atoms with E-state index in [-0.39, 0.29) is 12.6 Å². The van der Waals surface area contributed by atoms with Gasteiger partial charge in [-0.2, -0.15) is 0 Å². The molecular formula is C22H24BrNO4. The van der Waals surface area contributed by atoms with E-state index < -0.39 is 0 Å². The molecule has 0 aliphatic rings. The van der Waals surface area contributed by atoms with Gasteiger partial charge in [0.25, 0.3) is 0 Å². The summed E-state index contributed by atoms with van der Waals surface area (Å²) in [5.74, 6) is 1.09. The first-order chi connectivity index (χ1) is 13.6. The van der Waals surface area contributed by atoms with Gasteiger partial charge in [-0.25, -0.2) is 0 Å². The highest BCUT2D eigenvalue weighted by atomic mass is 79.9. The number of para-hydroxylation sites is 1. The second-order valence-electron chi connectivity index (χ2n) is 6.28. The zero-order valence-corrected chi connectivity index (χ0v) is 17.7. The van der Waals surface area contributed by atoms with E-state index in [0.717, 1.165) is 26.5 Å². The van der Waals surface area contributed by atoms with Crippen molar-refractivity contribution in [2.24, 2.45) is 0 Å². The van der Waals surface area contributed by atoms with Gasteiger partial charge in [-0.05, 0) is 44.0 Å². The zero-order chi connectivity index (χ0) is 19.9. The van der Waals surface area contributed by atoms with Crippen molar-refractivity contribution >= 4 is 32.8 Å². The molecule has 0 amide bonds. The summed E-state index contributed by atoms with van der Waals surface area (Å²) >= 11 is 3.52.